The molecule has 1 N–H and O–H groups in total. The van der Waals surface area contributed by atoms with E-state index in [9.17, 15) is 9.59 Å². The van der Waals surface area contributed by atoms with Gasteiger partial charge < -0.3 is 19.9 Å². The predicted molar refractivity (Wildman–Crippen MR) is 105 cm³/mol. The highest BCUT2D eigenvalue weighted by Gasteiger charge is 2.32. The maximum Gasteiger partial charge on any atom is 0.317 e. The van der Waals surface area contributed by atoms with Gasteiger partial charge in [0.15, 0.2) is 0 Å². The van der Waals surface area contributed by atoms with Crippen molar-refractivity contribution in [2.24, 2.45) is 0 Å². The number of aryl methyl sites for hydroxylation is 1. The molecular formula is C19H24N4O3S. The smallest absolute Gasteiger partial charge is 0.317 e. The van der Waals surface area contributed by atoms with Gasteiger partial charge in [-0.2, -0.15) is 0 Å². The molecule has 1 aromatic carbocycles. The number of rotatable bonds is 6. The van der Waals surface area contributed by atoms with Gasteiger partial charge in [0, 0.05) is 43.5 Å². The van der Waals surface area contributed by atoms with E-state index in [0.29, 0.717) is 19.5 Å². The van der Waals surface area contributed by atoms with Gasteiger partial charge in [0.25, 0.3) is 0 Å². The molecule has 0 spiro atoms. The first-order valence-corrected chi connectivity index (χ1v) is 9.71. The molecular weight excluding hydrogens is 364 g/mol. The largest absolute Gasteiger partial charge is 0.497 e. The van der Waals surface area contributed by atoms with Gasteiger partial charge in [0.2, 0.25) is 5.91 Å². The van der Waals surface area contributed by atoms with Crippen molar-refractivity contribution in [1.82, 2.24) is 15.2 Å². The summed E-state index contributed by atoms with van der Waals surface area (Å²) in [5.41, 5.74) is 3.65. The average molecular weight is 388 g/mol. The fourth-order valence-electron chi connectivity index (χ4n) is 3.04. The van der Waals surface area contributed by atoms with Gasteiger partial charge in [-0.15, -0.1) is 11.3 Å². The number of hydrogen-bond donors (Lipinski definition) is 1. The van der Waals surface area contributed by atoms with Crippen molar-refractivity contribution in [2.75, 3.05) is 32.1 Å². The first-order valence-electron chi connectivity index (χ1n) is 8.83. The van der Waals surface area contributed by atoms with E-state index >= 15 is 0 Å². The van der Waals surface area contributed by atoms with Gasteiger partial charge in [-0.25, -0.2) is 9.78 Å². The molecule has 8 heteroatoms. The van der Waals surface area contributed by atoms with E-state index in [1.165, 1.54) is 4.88 Å². The number of anilines is 1. The average Bonchev–Trinajstić information content (AvgIpc) is 3.24. The van der Waals surface area contributed by atoms with Crippen LogP contribution in [0, 0.1) is 6.92 Å². The number of ether oxygens (including phenoxy) is 1. The van der Waals surface area contributed by atoms with E-state index in [1.54, 1.807) is 35.3 Å². The fourth-order valence-corrected chi connectivity index (χ4v) is 3.81. The Labute approximate surface area is 162 Å². The highest BCUT2D eigenvalue weighted by Crippen LogP contribution is 2.24. The highest BCUT2D eigenvalue weighted by atomic mass is 32.1. The number of urea groups is 1. The number of carbonyl (C=O) groups excluding carboxylic acids is 2. The van der Waals surface area contributed by atoms with Crippen LogP contribution in [0.25, 0.3) is 0 Å². The summed E-state index contributed by atoms with van der Waals surface area (Å²) in [5.74, 6) is 0.751. The first-order chi connectivity index (χ1) is 13.0. The second kappa shape index (κ2) is 8.39. The summed E-state index contributed by atoms with van der Waals surface area (Å²) in [6.07, 6.45) is 1.08. The molecule has 144 valence electrons. The van der Waals surface area contributed by atoms with Gasteiger partial charge in [0.05, 0.1) is 24.4 Å². The molecule has 0 aliphatic carbocycles. The summed E-state index contributed by atoms with van der Waals surface area (Å²) in [7, 11) is 3.37. The number of methoxy groups -OCH3 is 1. The van der Waals surface area contributed by atoms with Crippen molar-refractivity contribution in [2.45, 2.75) is 25.8 Å². The molecule has 27 heavy (non-hydrogen) atoms. The lowest BCUT2D eigenvalue weighted by Gasteiger charge is -2.21. The second-order valence-electron chi connectivity index (χ2n) is 6.59. The molecule has 7 nitrogen and oxygen atoms in total. The van der Waals surface area contributed by atoms with Crippen LogP contribution in [0.5, 0.6) is 5.75 Å². The minimum absolute atomic E-state index is 0.00778. The summed E-state index contributed by atoms with van der Waals surface area (Å²) in [6, 6.07) is 6.99. The van der Waals surface area contributed by atoms with Gasteiger partial charge >= 0.3 is 6.03 Å². The van der Waals surface area contributed by atoms with E-state index in [1.807, 2.05) is 36.7 Å². The van der Waals surface area contributed by atoms with Crippen molar-refractivity contribution in [3.8, 4) is 5.75 Å². The third-order valence-electron chi connectivity index (χ3n) is 4.70. The lowest BCUT2D eigenvalue weighted by atomic mass is 10.2. The van der Waals surface area contributed by atoms with Crippen LogP contribution in [0.4, 0.5) is 10.5 Å². The summed E-state index contributed by atoms with van der Waals surface area (Å²) in [5, 5.41) is 2.96. The molecule has 1 aliphatic rings. The van der Waals surface area contributed by atoms with Crippen LogP contribution >= 0.6 is 11.3 Å². The Hall–Kier alpha value is -2.61. The van der Waals surface area contributed by atoms with E-state index < -0.39 is 0 Å². The molecule has 1 fully saturated rings. The minimum atomic E-state index is -0.195. The Balaban J connectivity index is 1.52. The molecule has 0 radical (unpaired) electrons. The summed E-state index contributed by atoms with van der Waals surface area (Å²) < 4.78 is 5.15. The molecule has 2 heterocycles. The number of thiazole rings is 1. The second-order valence-corrected chi connectivity index (χ2v) is 7.52. The van der Waals surface area contributed by atoms with Crippen LogP contribution in [0.3, 0.4) is 0 Å². The topological polar surface area (TPSA) is 74.8 Å². The number of nitrogens with one attached hydrogen (secondary N) is 1. The molecule has 0 bridgehead atoms. The lowest BCUT2D eigenvalue weighted by Crippen LogP contribution is -2.44. The van der Waals surface area contributed by atoms with E-state index in [-0.39, 0.29) is 18.0 Å². The summed E-state index contributed by atoms with van der Waals surface area (Å²) in [4.78, 5) is 33.5. The molecule has 1 aliphatic heterocycles. The number of hydrogen-bond acceptors (Lipinski definition) is 5. The Bertz CT molecular complexity index is 806. The van der Waals surface area contributed by atoms with Crippen molar-refractivity contribution < 1.29 is 14.3 Å². The van der Waals surface area contributed by atoms with Gasteiger partial charge in [-0.05, 0) is 31.2 Å². The van der Waals surface area contributed by atoms with Crippen molar-refractivity contribution in [3.05, 3.63) is 40.3 Å². The monoisotopic (exact) mass is 388 g/mol. The number of aromatic nitrogens is 1. The highest BCUT2D eigenvalue weighted by molar-refractivity contribution is 7.09. The Morgan fingerprint density at radius 3 is 2.78 bits per heavy atom. The van der Waals surface area contributed by atoms with Gasteiger partial charge in [0.1, 0.15) is 5.75 Å². The van der Waals surface area contributed by atoms with E-state index in [2.05, 4.69) is 10.3 Å². The zero-order valence-corrected chi connectivity index (χ0v) is 16.6. The number of carbonyl (C=O) groups is 2. The van der Waals surface area contributed by atoms with Crippen LogP contribution in [-0.4, -0.2) is 55.1 Å². The summed E-state index contributed by atoms with van der Waals surface area (Å²) >= 11 is 1.61. The Morgan fingerprint density at radius 2 is 2.15 bits per heavy atom. The molecule has 1 aromatic heterocycles. The first kappa shape index (κ1) is 19.2. The molecule has 0 unspecified atom stereocenters. The van der Waals surface area contributed by atoms with Crippen LogP contribution in [0.15, 0.2) is 29.8 Å². The molecule has 3 amide bonds. The Morgan fingerprint density at radius 1 is 1.41 bits per heavy atom. The number of amides is 3. The number of benzene rings is 1. The SMILES string of the molecule is COc1ccc(N2C[C@H](NC(=O)N(C)CCc3scnc3C)CC2=O)cc1. The predicted octanol–water partition coefficient (Wildman–Crippen LogP) is 2.45. The molecule has 1 atom stereocenters. The number of likely N-dealkylation sites (N-methyl/N-ethyl adjacent to an activating group) is 1. The minimum Gasteiger partial charge on any atom is -0.497 e. The van der Waals surface area contributed by atoms with E-state index in [4.69, 9.17) is 4.74 Å². The Kier molecular flexibility index (Phi) is 5.95. The third kappa shape index (κ3) is 4.57. The zero-order valence-electron chi connectivity index (χ0n) is 15.8. The zero-order chi connectivity index (χ0) is 19.4. The molecule has 2 aromatic rings. The van der Waals surface area contributed by atoms with Gasteiger partial charge in [-0.1, -0.05) is 0 Å². The molecule has 0 saturated carbocycles. The van der Waals surface area contributed by atoms with Crippen molar-refractivity contribution in [1.29, 1.82) is 0 Å². The third-order valence-corrected chi connectivity index (χ3v) is 5.70. The van der Waals surface area contributed by atoms with Crippen LogP contribution in [-0.2, 0) is 11.2 Å². The molecule has 1 saturated heterocycles. The van der Waals surface area contributed by atoms with Gasteiger partial charge in [-0.3, -0.25) is 4.79 Å². The van der Waals surface area contributed by atoms with Crippen LogP contribution in [0.2, 0.25) is 0 Å². The quantitative estimate of drug-likeness (QED) is 0.825. The lowest BCUT2D eigenvalue weighted by molar-refractivity contribution is -0.117. The van der Waals surface area contributed by atoms with Crippen LogP contribution < -0.4 is 15.0 Å². The molecule has 3 rings (SSSR count). The van der Waals surface area contributed by atoms with Crippen molar-refractivity contribution in [3.63, 3.8) is 0 Å². The number of nitrogens with zero attached hydrogens (tertiary/aromatic N) is 3. The normalized spacial score (nSPS) is 16.5. The van der Waals surface area contributed by atoms with Crippen LogP contribution in [0.1, 0.15) is 17.0 Å². The van der Waals surface area contributed by atoms with Crippen molar-refractivity contribution >= 4 is 29.0 Å². The van der Waals surface area contributed by atoms with E-state index in [0.717, 1.165) is 23.6 Å². The fraction of sp³-hybridized carbons (Fsp3) is 0.421. The maximum absolute atomic E-state index is 12.4. The summed E-state index contributed by atoms with van der Waals surface area (Å²) in [6.45, 7) is 3.06. The maximum atomic E-state index is 12.4. The standard InChI is InChI=1S/C19H24N4O3S/c1-13-17(27-12-20-13)8-9-22(2)19(25)21-14-10-18(24)23(11-14)15-4-6-16(26-3)7-5-15/h4-7,12,14H,8-11H2,1-3H3,(H,21,25)/t14-/m1/s1.